The van der Waals surface area contributed by atoms with Crippen LogP contribution in [0.5, 0.6) is 23.0 Å². The monoisotopic (exact) mass is 518 g/mol. The first-order valence-electron chi connectivity index (χ1n) is 13.1. The van der Waals surface area contributed by atoms with Crippen molar-refractivity contribution in [3.05, 3.63) is 134 Å². The van der Waals surface area contributed by atoms with Gasteiger partial charge >= 0.3 is 0 Å². The van der Waals surface area contributed by atoms with E-state index in [4.69, 9.17) is 19.4 Å². The second-order valence-electron chi connectivity index (χ2n) is 9.55. The fourth-order valence-electron chi connectivity index (χ4n) is 5.34. The molecule has 6 nitrogen and oxygen atoms in total. The molecule has 6 heteroatoms. The predicted molar refractivity (Wildman–Crippen MR) is 157 cm³/mol. The maximum atomic E-state index is 6.19. The average molecular weight is 519 g/mol. The van der Waals surface area contributed by atoms with Gasteiger partial charge in [0.1, 0.15) is 11.6 Å². The fraction of sp³-hybridized carbons (Fsp3) is 0. The number of ether oxygens (including phenoxy) is 2. The molecule has 0 amide bonds. The first-order valence-corrected chi connectivity index (χ1v) is 13.1. The van der Waals surface area contributed by atoms with E-state index in [1.54, 1.807) is 0 Å². The predicted octanol–water partition coefficient (Wildman–Crippen LogP) is 9.29. The van der Waals surface area contributed by atoms with Crippen LogP contribution in [-0.4, -0.2) is 9.97 Å². The van der Waals surface area contributed by atoms with Crippen LogP contribution < -0.4 is 19.3 Å². The highest BCUT2D eigenvalue weighted by molar-refractivity contribution is 5.88. The zero-order valence-electron chi connectivity index (χ0n) is 21.3. The SMILES string of the molecule is c1ccc2c(c1)Oc1ccccc1N2c1cc(-c2ccnc(N3c4ccccc4Oc4ccccc43)c2)ccn1. The van der Waals surface area contributed by atoms with Crippen molar-refractivity contribution in [1.29, 1.82) is 0 Å². The molecule has 6 aromatic rings. The minimum absolute atomic E-state index is 0.796. The van der Waals surface area contributed by atoms with Gasteiger partial charge in [-0.15, -0.1) is 0 Å². The van der Waals surface area contributed by atoms with E-state index in [1.807, 2.05) is 97.3 Å². The van der Waals surface area contributed by atoms with E-state index in [9.17, 15) is 0 Å². The molecular formula is C34H22N4O2. The van der Waals surface area contributed by atoms with Gasteiger partial charge in [-0.3, -0.25) is 9.80 Å². The van der Waals surface area contributed by atoms with Gasteiger partial charge in [0.25, 0.3) is 0 Å². The molecule has 0 saturated heterocycles. The van der Waals surface area contributed by atoms with Gasteiger partial charge in [0, 0.05) is 12.4 Å². The molecule has 0 aliphatic carbocycles. The number of nitrogens with zero attached hydrogens (tertiary/aromatic N) is 4. The van der Waals surface area contributed by atoms with E-state index < -0.39 is 0 Å². The summed E-state index contributed by atoms with van der Waals surface area (Å²) in [5, 5.41) is 0. The summed E-state index contributed by atoms with van der Waals surface area (Å²) in [5.74, 6) is 4.80. The molecule has 2 aromatic heterocycles. The van der Waals surface area contributed by atoms with Gasteiger partial charge in [0.2, 0.25) is 0 Å². The Balaban J connectivity index is 1.24. The number of pyridine rings is 2. The van der Waals surface area contributed by atoms with Crippen molar-refractivity contribution >= 4 is 34.4 Å². The molecule has 190 valence electrons. The normalized spacial score (nSPS) is 12.8. The van der Waals surface area contributed by atoms with Crippen molar-refractivity contribution in [2.24, 2.45) is 0 Å². The first-order chi connectivity index (χ1) is 19.8. The van der Waals surface area contributed by atoms with Crippen LogP contribution in [0.15, 0.2) is 134 Å². The molecule has 40 heavy (non-hydrogen) atoms. The van der Waals surface area contributed by atoms with E-state index in [0.717, 1.165) is 68.5 Å². The Kier molecular flexibility index (Phi) is 5.03. The van der Waals surface area contributed by atoms with Crippen LogP contribution in [0.3, 0.4) is 0 Å². The number of para-hydroxylation sites is 8. The third-order valence-electron chi connectivity index (χ3n) is 7.15. The molecule has 0 N–H and O–H groups in total. The maximum Gasteiger partial charge on any atom is 0.151 e. The molecule has 0 saturated carbocycles. The van der Waals surface area contributed by atoms with Gasteiger partial charge in [0.15, 0.2) is 23.0 Å². The molecule has 0 bridgehead atoms. The van der Waals surface area contributed by atoms with Crippen molar-refractivity contribution in [2.45, 2.75) is 0 Å². The van der Waals surface area contributed by atoms with Gasteiger partial charge < -0.3 is 9.47 Å². The lowest BCUT2D eigenvalue weighted by molar-refractivity contribution is 0.476. The highest BCUT2D eigenvalue weighted by atomic mass is 16.5. The van der Waals surface area contributed by atoms with Crippen molar-refractivity contribution < 1.29 is 9.47 Å². The lowest BCUT2D eigenvalue weighted by Gasteiger charge is -2.32. The van der Waals surface area contributed by atoms with Gasteiger partial charge in [-0.25, -0.2) is 9.97 Å². The molecule has 0 spiro atoms. The van der Waals surface area contributed by atoms with E-state index in [0.29, 0.717) is 0 Å². The van der Waals surface area contributed by atoms with Gasteiger partial charge in [-0.1, -0.05) is 48.5 Å². The molecule has 0 fully saturated rings. The lowest BCUT2D eigenvalue weighted by Crippen LogP contribution is -2.17. The summed E-state index contributed by atoms with van der Waals surface area (Å²) >= 11 is 0. The summed E-state index contributed by atoms with van der Waals surface area (Å²) in [5.41, 5.74) is 5.85. The summed E-state index contributed by atoms with van der Waals surface area (Å²) in [7, 11) is 0. The third kappa shape index (κ3) is 3.58. The van der Waals surface area contributed by atoms with Gasteiger partial charge in [0.05, 0.1) is 22.7 Å². The van der Waals surface area contributed by atoms with Crippen molar-refractivity contribution in [3.8, 4) is 34.1 Å². The second-order valence-corrected chi connectivity index (χ2v) is 9.55. The minimum atomic E-state index is 0.796. The Morgan fingerprint density at radius 1 is 0.400 bits per heavy atom. The van der Waals surface area contributed by atoms with Gasteiger partial charge in [-0.2, -0.15) is 0 Å². The number of hydrogen-bond donors (Lipinski definition) is 0. The number of benzene rings is 4. The Morgan fingerprint density at radius 3 is 1.07 bits per heavy atom. The largest absolute Gasteiger partial charge is 0.453 e. The van der Waals surface area contributed by atoms with Crippen LogP contribution in [0.4, 0.5) is 34.4 Å². The average Bonchev–Trinajstić information content (AvgIpc) is 3.02. The number of rotatable bonds is 3. The zero-order chi connectivity index (χ0) is 26.5. The summed E-state index contributed by atoms with van der Waals surface area (Å²) < 4.78 is 12.4. The maximum absolute atomic E-state index is 6.19. The summed E-state index contributed by atoms with van der Waals surface area (Å²) in [6.07, 6.45) is 3.70. The summed E-state index contributed by atoms with van der Waals surface area (Å²) in [6, 6.07) is 40.4. The number of anilines is 6. The molecule has 0 radical (unpaired) electrons. The van der Waals surface area contributed by atoms with Gasteiger partial charge in [-0.05, 0) is 83.9 Å². The van der Waals surface area contributed by atoms with Crippen molar-refractivity contribution in [2.75, 3.05) is 9.80 Å². The van der Waals surface area contributed by atoms with Crippen LogP contribution >= 0.6 is 0 Å². The molecule has 2 aliphatic heterocycles. The van der Waals surface area contributed by atoms with E-state index >= 15 is 0 Å². The molecule has 2 aliphatic rings. The third-order valence-corrected chi connectivity index (χ3v) is 7.15. The fourth-order valence-corrected chi connectivity index (χ4v) is 5.34. The second kappa shape index (κ2) is 8.99. The van der Waals surface area contributed by atoms with Crippen molar-refractivity contribution in [1.82, 2.24) is 9.97 Å². The minimum Gasteiger partial charge on any atom is -0.453 e. The Bertz CT molecular complexity index is 1670. The molecule has 8 rings (SSSR count). The molecule has 0 unspecified atom stereocenters. The standard InChI is InChI=1S/C34H22N4O2/c1-5-13-29-25(9-1)37(26-10-2-6-14-30(26)39-29)33-21-23(17-19-35-33)24-18-20-36-34(22-24)38-27-11-3-7-15-31(27)40-32-16-8-4-12-28(32)38/h1-22H. The number of fused-ring (bicyclic) bond motifs is 4. The number of hydrogen-bond acceptors (Lipinski definition) is 6. The molecule has 4 heterocycles. The smallest absolute Gasteiger partial charge is 0.151 e. The molecular weight excluding hydrogens is 496 g/mol. The van der Waals surface area contributed by atoms with E-state index in [2.05, 4.69) is 46.2 Å². The zero-order valence-corrected chi connectivity index (χ0v) is 21.3. The van der Waals surface area contributed by atoms with Crippen LogP contribution in [0.25, 0.3) is 11.1 Å². The van der Waals surface area contributed by atoms with Crippen LogP contribution in [0.1, 0.15) is 0 Å². The van der Waals surface area contributed by atoms with E-state index in [-0.39, 0.29) is 0 Å². The first kappa shape index (κ1) is 22.4. The summed E-state index contributed by atoms with van der Waals surface area (Å²) in [6.45, 7) is 0. The Hall–Kier alpha value is -5.62. The Labute approximate surface area is 231 Å². The van der Waals surface area contributed by atoms with Crippen LogP contribution in [0.2, 0.25) is 0 Å². The van der Waals surface area contributed by atoms with E-state index in [1.165, 1.54) is 0 Å². The van der Waals surface area contributed by atoms with Crippen LogP contribution in [0, 0.1) is 0 Å². The molecule has 4 aromatic carbocycles. The quantitative estimate of drug-likeness (QED) is 0.232. The van der Waals surface area contributed by atoms with Crippen LogP contribution in [-0.2, 0) is 0 Å². The summed E-state index contributed by atoms with van der Waals surface area (Å²) in [4.78, 5) is 13.9. The lowest BCUT2D eigenvalue weighted by atomic mass is 10.1. The highest BCUT2D eigenvalue weighted by Gasteiger charge is 2.28. The number of aromatic nitrogens is 2. The topological polar surface area (TPSA) is 50.7 Å². The highest BCUT2D eigenvalue weighted by Crippen LogP contribution is 2.51. The van der Waals surface area contributed by atoms with Crippen molar-refractivity contribution in [3.63, 3.8) is 0 Å². The molecule has 0 atom stereocenters. The Morgan fingerprint density at radius 2 is 0.725 bits per heavy atom.